The van der Waals surface area contributed by atoms with Crippen molar-refractivity contribution < 1.29 is 19.0 Å². The van der Waals surface area contributed by atoms with Crippen LogP contribution in [0.2, 0.25) is 0 Å². The average Bonchev–Trinajstić information content (AvgIpc) is 2.43. The van der Waals surface area contributed by atoms with Crippen LogP contribution in [-0.4, -0.2) is 34.0 Å². The molecule has 0 aromatic heterocycles. The molecule has 0 fully saturated rings. The third-order valence-electron chi connectivity index (χ3n) is 2.75. The number of aliphatic imine (C=N–C) groups is 1. The summed E-state index contributed by atoms with van der Waals surface area (Å²) in [6.07, 6.45) is 2.27. The summed E-state index contributed by atoms with van der Waals surface area (Å²) in [5, 5.41) is 2.85. The molecule has 1 unspecified atom stereocenters. The summed E-state index contributed by atoms with van der Waals surface area (Å²) in [5.74, 6) is 1.41. The number of rotatable bonds is 4. The first-order valence-corrected chi connectivity index (χ1v) is 5.33. The number of hydrogen-bond acceptors (Lipinski definition) is 6. The fourth-order valence-electron chi connectivity index (χ4n) is 1.95. The minimum atomic E-state index is -0.507. The van der Waals surface area contributed by atoms with E-state index in [0.717, 1.165) is 6.29 Å². The van der Waals surface area contributed by atoms with Crippen LogP contribution in [-0.2, 0) is 4.79 Å². The van der Waals surface area contributed by atoms with E-state index < -0.39 is 6.04 Å². The van der Waals surface area contributed by atoms with Crippen molar-refractivity contribution in [1.82, 2.24) is 5.32 Å². The molecule has 1 N–H and O–H groups in total. The Kier molecular flexibility index (Phi) is 3.36. The Morgan fingerprint density at radius 2 is 1.94 bits per heavy atom. The van der Waals surface area contributed by atoms with Gasteiger partial charge < -0.3 is 24.3 Å². The number of benzene rings is 1. The molecule has 1 aromatic carbocycles. The Hall–Kier alpha value is -2.24. The molecule has 1 aliphatic rings. The predicted octanol–water partition coefficient (Wildman–Crippen LogP) is 1.22. The Balaban J connectivity index is 2.72. The number of nitrogens with zero attached hydrogens (tertiary/aromatic N) is 1. The zero-order chi connectivity index (χ0) is 13.1. The van der Waals surface area contributed by atoms with E-state index in [4.69, 9.17) is 14.2 Å². The summed E-state index contributed by atoms with van der Waals surface area (Å²) < 4.78 is 15.8. The number of methoxy groups -OCH3 is 3. The lowest BCUT2D eigenvalue weighted by Gasteiger charge is -2.23. The Bertz CT molecular complexity index is 499. The number of carbonyl (C=O) groups excluding carboxylic acids is 1. The second-order valence-corrected chi connectivity index (χ2v) is 3.62. The smallest absolute Gasteiger partial charge is 0.203 e. The molecule has 1 atom stereocenters. The first-order chi connectivity index (χ1) is 8.76. The molecule has 96 valence electrons. The molecule has 1 heterocycles. The third-order valence-corrected chi connectivity index (χ3v) is 2.75. The first-order valence-electron chi connectivity index (χ1n) is 5.33. The van der Waals surface area contributed by atoms with Gasteiger partial charge in [0.1, 0.15) is 12.3 Å². The SMILES string of the molecule is COc1cc2c(c(OC)c1OC)C(C=O)NC=N2. The average molecular weight is 250 g/mol. The van der Waals surface area contributed by atoms with Crippen LogP contribution in [0.15, 0.2) is 11.1 Å². The highest BCUT2D eigenvalue weighted by Crippen LogP contribution is 2.47. The Morgan fingerprint density at radius 3 is 2.50 bits per heavy atom. The van der Waals surface area contributed by atoms with Crippen LogP contribution in [0, 0.1) is 0 Å². The Labute approximate surface area is 105 Å². The molecule has 0 aliphatic carbocycles. The summed E-state index contributed by atoms with van der Waals surface area (Å²) in [6.45, 7) is 0. The van der Waals surface area contributed by atoms with E-state index in [9.17, 15) is 4.79 Å². The van der Waals surface area contributed by atoms with Gasteiger partial charge in [0.15, 0.2) is 11.5 Å². The molecular weight excluding hydrogens is 236 g/mol. The fourth-order valence-corrected chi connectivity index (χ4v) is 1.95. The van der Waals surface area contributed by atoms with E-state index in [1.54, 1.807) is 6.07 Å². The normalized spacial score (nSPS) is 16.5. The lowest BCUT2D eigenvalue weighted by molar-refractivity contribution is -0.109. The van der Waals surface area contributed by atoms with Crippen LogP contribution in [0.3, 0.4) is 0 Å². The van der Waals surface area contributed by atoms with E-state index in [-0.39, 0.29) is 0 Å². The maximum Gasteiger partial charge on any atom is 0.203 e. The maximum atomic E-state index is 11.1. The number of ether oxygens (including phenoxy) is 3. The number of fused-ring (bicyclic) bond motifs is 1. The maximum absolute atomic E-state index is 11.1. The van der Waals surface area contributed by atoms with Gasteiger partial charge in [0.05, 0.1) is 38.9 Å². The van der Waals surface area contributed by atoms with Crippen molar-refractivity contribution >= 4 is 18.3 Å². The largest absolute Gasteiger partial charge is 0.493 e. The van der Waals surface area contributed by atoms with Crippen molar-refractivity contribution in [2.24, 2.45) is 4.99 Å². The third kappa shape index (κ3) is 1.75. The van der Waals surface area contributed by atoms with E-state index >= 15 is 0 Å². The fraction of sp³-hybridized carbons (Fsp3) is 0.333. The van der Waals surface area contributed by atoms with Crippen LogP contribution in [0.25, 0.3) is 0 Å². The zero-order valence-electron chi connectivity index (χ0n) is 10.4. The van der Waals surface area contributed by atoms with Gasteiger partial charge in [-0.25, -0.2) is 4.99 Å². The molecule has 6 nitrogen and oxygen atoms in total. The molecule has 0 saturated carbocycles. The molecule has 0 spiro atoms. The predicted molar refractivity (Wildman–Crippen MR) is 66.2 cm³/mol. The molecule has 1 aliphatic heterocycles. The highest BCUT2D eigenvalue weighted by Gasteiger charge is 2.27. The van der Waals surface area contributed by atoms with E-state index in [0.29, 0.717) is 28.5 Å². The van der Waals surface area contributed by atoms with Crippen LogP contribution < -0.4 is 19.5 Å². The van der Waals surface area contributed by atoms with Crippen molar-refractivity contribution in [3.63, 3.8) is 0 Å². The van der Waals surface area contributed by atoms with Crippen molar-refractivity contribution in [3.05, 3.63) is 11.6 Å². The van der Waals surface area contributed by atoms with Gasteiger partial charge in [-0.3, -0.25) is 0 Å². The number of aldehydes is 1. The lowest BCUT2D eigenvalue weighted by Crippen LogP contribution is -2.24. The van der Waals surface area contributed by atoms with Gasteiger partial charge in [0.25, 0.3) is 0 Å². The molecule has 6 heteroatoms. The van der Waals surface area contributed by atoms with Crippen LogP contribution in [0.4, 0.5) is 5.69 Å². The van der Waals surface area contributed by atoms with Gasteiger partial charge in [0, 0.05) is 6.07 Å². The molecule has 0 amide bonds. The van der Waals surface area contributed by atoms with Gasteiger partial charge in [-0.2, -0.15) is 0 Å². The zero-order valence-corrected chi connectivity index (χ0v) is 10.4. The summed E-state index contributed by atoms with van der Waals surface area (Å²) in [4.78, 5) is 15.3. The molecule has 0 bridgehead atoms. The minimum Gasteiger partial charge on any atom is -0.493 e. The summed E-state index contributed by atoms with van der Waals surface area (Å²) in [5.41, 5.74) is 1.27. The van der Waals surface area contributed by atoms with Crippen molar-refractivity contribution in [2.75, 3.05) is 21.3 Å². The van der Waals surface area contributed by atoms with Crippen LogP contribution in [0.1, 0.15) is 11.6 Å². The number of hydrogen-bond donors (Lipinski definition) is 1. The number of nitrogens with one attached hydrogen (secondary N) is 1. The number of carbonyl (C=O) groups is 1. The van der Waals surface area contributed by atoms with E-state index in [1.165, 1.54) is 27.7 Å². The van der Waals surface area contributed by atoms with Crippen LogP contribution in [0.5, 0.6) is 17.2 Å². The minimum absolute atomic E-state index is 0.449. The highest BCUT2D eigenvalue weighted by atomic mass is 16.5. The lowest BCUT2D eigenvalue weighted by atomic mass is 10.0. The monoisotopic (exact) mass is 250 g/mol. The van der Waals surface area contributed by atoms with Gasteiger partial charge in [0.2, 0.25) is 5.75 Å². The van der Waals surface area contributed by atoms with Crippen molar-refractivity contribution in [3.8, 4) is 17.2 Å². The molecule has 0 saturated heterocycles. The van der Waals surface area contributed by atoms with E-state index in [2.05, 4.69) is 10.3 Å². The molecule has 0 radical (unpaired) electrons. The summed E-state index contributed by atoms with van der Waals surface area (Å²) >= 11 is 0. The van der Waals surface area contributed by atoms with E-state index in [1.807, 2.05) is 0 Å². The first kappa shape index (κ1) is 12.2. The van der Waals surface area contributed by atoms with Crippen LogP contribution >= 0.6 is 0 Å². The van der Waals surface area contributed by atoms with Gasteiger partial charge >= 0.3 is 0 Å². The second-order valence-electron chi connectivity index (χ2n) is 3.62. The van der Waals surface area contributed by atoms with Gasteiger partial charge in [-0.1, -0.05) is 0 Å². The van der Waals surface area contributed by atoms with Gasteiger partial charge in [-0.15, -0.1) is 0 Å². The highest BCUT2D eigenvalue weighted by molar-refractivity contribution is 5.82. The molecule has 18 heavy (non-hydrogen) atoms. The Morgan fingerprint density at radius 1 is 1.22 bits per heavy atom. The van der Waals surface area contributed by atoms with Gasteiger partial charge in [-0.05, 0) is 0 Å². The topological polar surface area (TPSA) is 69.2 Å². The van der Waals surface area contributed by atoms with Crippen molar-refractivity contribution in [2.45, 2.75) is 6.04 Å². The van der Waals surface area contributed by atoms with Crippen molar-refractivity contribution in [1.29, 1.82) is 0 Å². The molecule has 1 aromatic rings. The molecular formula is C12H14N2O4. The second kappa shape index (κ2) is 4.95. The quantitative estimate of drug-likeness (QED) is 0.813. The molecule has 2 rings (SSSR count). The summed E-state index contributed by atoms with van der Waals surface area (Å²) in [6, 6.07) is 1.21. The summed E-state index contributed by atoms with van der Waals surface area (Å²) in [7, 11) is 4.56. The standard InChI is InChI=1S/C12H14N2O4/c1-16-9-4-7-10(8(5-15)14-6-13-7)12(18-3)11(9)17-2/h4-6,8H,1-3H3,(H,13,14).